The molecule has 1 aliphatic heterocycles. The third-order valence-electron chi connectivity index (χ3n) is 4.96. The third-order valence-corrected chi connectivity index (χ3v) is 7.26. The van der Waals surface area contributed by atoms with Crippen molar-refractivity contribution >= 4 is 31.7 Å². The Kier molecular flexibility index (Phi) is 9.55. The Morgan fingerprint density at radius 3 is 2.24 bits per heavy atom. The summed E-state index contributed by atoms with van der Waals surface area (Å²) >= 11 is 0. The summed E-state index contributed by atoms with van der Waals surface area (Å²) in [5.74, 6) is -3.76. The number of carbonyl (C=O) groups is 4. The van der Waals surface area contributed by atoms with Crippen molar-refractivity contribution in [2.45, 2.75) is 70.9 Å². The highest BCUT2D eigenvalue weighted by molar-refractivity contribution is 7.55. The van der Waals surface area contributed by atoms with Gasteiger partial charge in [-0.15, -0.1) is 0 Å². The predicted molar refractivity (Wildman–Crippen MR) is 124 cm³/mol. The van der Waals surface area contributed by atoms with Gasteiger partial charge in [0.25, 0.3) is 5.91 Å². The van der Waals surface area contributed by atoms with Crippen molar-refractivity contribution in [2.75, 3.05) is 13.2 Å². The van der Waals surface area contributed by atoms with E-state index >= 15 is 0 Å². The number of hydrogen-bond donors (Lipinski definition) is 1. The number of ether oxygens (including phenoxy) is 1. The molecule has 34 heavy (non-hydrogen) atoms. The molecular weight excluding hydrogens is 463 g/mol. The zero-order chi connectivity index (χ0) is 25.5. The van der Waals surface area contributed by atoms with Crippen LogP contribution in [-0.4, -0.2) is 65.7 Å². The zero-order valence-corrected chi connectivity index (χ0v) is 21.1. The first-order valence-corrected chi connectivity index (χ1v) is 12.8. The molecule has 3 atom stereocenters. The molecule has 2 amide bonds. The number of benzene rings is 1. The molecule has 1 aromatic carbocycles. The van der Waals surface area contributed by atoms with Gasteiger partial charge < -0.3 is 28.8 Å². The van der Waals surface area contributed by atoms with E-state index in [0.29, 0.717) is 11.8 Å². The Labute approximate surface area is 199 Å². The Balaban J connectivity index is 2.43. The van der Waals surface area contributed by atoms with Crippen LogP contribution in [0.25, 0.3) is 0 Å². The molecule has 0 aliphatic carbocycles. The van der Waals surface area contributed by atoms with E-state index in [2.05, 4.69) is 5.32 Å². The monoisotopic (exact) mass is 496 g/mol. The van der Waals surface area contributed by atoms with Crippen LogP contribution in [0.15, 0.2) is 30.3 Å². The molecule has 1 fully saturated rings. The first-order chi connectivity index (χ1) is 16.0. The largest absolute Gasteiger partial charge is 0.458 e. The van der Waals surface area contributed by atoms with Crippen molar-refractivity contribution in [1.82, 2.24) is 10.2 Å². The SMILES string of the molecule is CCOP(=O)(OCC)C(C(=O)OC(C)(C)C)N1C(=O)[C@@H](NC(=O)c2ccccc2)[C@H]1CCC=O. The Bertz CT molecular complexity index is 921. The van der Waals surface area contributed by atoms with E-state index in [0.717, 1.165) is 4.90 Å². The summed E-state index contributed by atoms with van der Waals surface area (Å²) in [5.41, 5.74) is -0.591. The van der Waals surface area contributed by atoms with Gasteiger partial charge in [-0.05, 0) is 53.2 Å². The van der Waals surface area contributed by atoms with Crippen LogP contribution in [0, 0.1) is 0 Å². The fraction of sp³-hybridized carbons (Fsp3) is 0.565. The maximum absolute atomic E-state index is 13.7. The second-order valence-corrected chi connectivity index (χ2v) is 10.7. The minimum atomic E-state index is -4.19. The zero-order valence-electron chi connectivity index (χ0n) is 20.2. The van der Waals surface area contributed by atoms with Crippen LogP contribution in [0.4, 0.5) is 0 Å². The van der Waals surface area contributed by atoms with Gasteiger partial charge in [0.1, 0.15) is 17.9 Å². The lowest BCUT2D eigenvalue weighted by Gasteiger charge is -2.50. The number of rotatable bonds is 12. The summed E-state index contributed by atoms with van der Waals surface area (Å²) in [4.78, 5) is 51.3. The molecule has 2 rings (SSSR count). The third kappa shape index (κ3) is 6.52. The molecule has 0 radical (unpaired) electrons. The first-order valence-electron chi connectivity index (χ1n) is 11.2. The summed E-state index contributed by atoms with van der Waals surface area (Å²) < 4.78 is 29.9. The van der Waals surface area contributed by atoms with Gasteiger partial charge in [-0.3, -0.25) is 14.2 Å². The summed E-state index contributed by atoms with van der Waals surface area (Å²) in [5, 5.41) is 2.66. The van der Waals surface area contributed by atoms with Crippen molar-refractivity contribution < 1.29 is 37.5 Å². The highest BCUT2D eigenvalue weighted by Gasteiger charge is 2.59. The van der Waals surface area contributed by atoms with Gasteiger partial charge in [0.15, 0.2) is 0 Å². The van der Waals surface area contributed by atoms with Gasteiger partial charge in [0.2, 0.25) is 11.7 Å². The number of esters is 1. The fourth-order valence-electron chi connectivity index (χ4n) is 3.67. The highest BCUT2D eigenvalue weighted by atomic mass is 31.2. The fourth-order valence-corrected chi connectivity index (χ4v) is 5.65. The van der Waals surface area contributed by atoms with Crippen LogP contribution >= 0.6 is 7.60 Å². The minimum absolute atomic E-state index is 0.0359. The molecule has 10 nitrogen and oxygen atoms in total. The number of nitrogens with zero attached hydrogens (tertiary/aromatic N) is 1. The second kappa shape index (κ2) is 11.7. The van der Waals surface area contributed by atoms with E-state index in [9.17, 15) is 23.7 Å². The van der Waals surface area contributed by atoms with E-state index in [4.69, 9.17) is 13.8 Å². The number of carbonyl (C=O) groups excluding carboxylic acids is 4. The van der Waals surface area contributed by atoms with E-state index in [1.165, 1.54) is 0 Å². The lowest BCUT2D eigenvalue weighted by atomic mass is 9.90. The van der Waals surface area contributed by atoms with Gasteiger partial charge in [-0.1, -0.05) is 18.2 Å². The maximum Gasteiger partial charge on any atom is 0.364 e. The lowest BCUT2D eigenvalue weighted by molar-refractivity contribution is -0.171. The average Bonchev–Trinajstić information content (AvgIpc) is 2.76. The molecule has 0 spiro atoms. The normalized spacial score (nSPS) is 19.2. The van der Waals surface area contributed by atoms with E-state index in [-0.39, 0.29) is 26.1 Å². The molecule has 1 heterocycles. The quantitative estimate of drug-likeness (QED) is 0.202. The number of hydrogen-bond acceptors (Lipinski definition) is 8. The molecule has 0 aromatic heterocycles. The van der Waals surface area contributed by atoms with Crippen LogP contribution in [0.2, 0.25) is 0 Å². The Morgan fingerprint density at radius 1 is 1.15 bits per heavy atom. The molecule has 1 saturated heterocycles. The van der Waals surface area contributed by atoms with Crippen LogP contribution in [0.1, 0.15) is 57.8 Å². The molecular formula is C23H33N2O8P. The number of nitrogens with one attached hydrogen (secondary N) is 1. The summed E-state index contributed by atoms with van der Waals surface area (Å²) in [6.45, 7) is 8.01. The number of amides is 2. The van der Waals surface area contributed by atoms with E-state index in [1.54, 1.807) is 65.0 Å². The van der Waals surface area contributed by atoms with Crippen molar-refractivity contribution in [2.24, 2.45) is 0 Å². The molecule has 1 N–H and O–H groups in total. The van der Waals surface area contributed by atoms with E-state index in [1.807, 2.05) is 0 Å². The Hall–Kier alpha value is -2.55. The average molecular weight is 496 g/mol. The topological polar surface area (TPSA) is 128 Å². The van der Waals surface area contributed by atoms with Crippen molar-refractivity contribution in [1.29, 1.82) is 0 Å². The van der Waals surface area contributed by atoms with Crippen molar-refractivity contribution in [3.8, 4) is 0 Å². The lowest BCUT2D eigenvalue weighted by Crippen LogP contribution is -2.74. The number of aldehydes is 1. The maximum atomic E-state index is 13.7. The standard InChI is InChI=1S/C23H33N2O8P/c1-6-31-34(30,32-7-2)21(22(29)33-23(3,4)5)25-17(14-11-15-26)18(20(25)28)24-19(27)16-12-9-8-10-13-16/h8-10,12-13,15,17-18,21H,6-7,11,14H2,1-5H3,(H,24,27)/t17-,18+,21?/m1/s1. The smallest absolute Gasteiger partial charge is 0.364 e. The molecule has 1 unspecified atom stereocenters. The molecule has 188 valence electrons. The summed E-state index contributed by atoms with van der Waals surface area (Å²) in [6, 6.07) is 6.51. The van der Waals surface area contributed by atoms with Crippen LogP contribution in [0.3, 0.4) is 0 Å². The summed E-state index contributed by atoms with van der Waals surface area (Å²) in [7, 11) is -4.19. The first kappa shape index (κ1) is 27.7. The van der Waals surface area contributed by atoms with Crippen molar-refractivity contribution in [3.05, 3.63) is 35.9 Å². The van der Waals surface area contributed by atoms with Crippen molar-refractivity contribution in [3.63, 3.8) is 0 Å². The van der Waals surface area contributed by atoms with Gasteiger partial charge in [0, 0.05) is 12.0 Å². The van der Waals surface area contributed by atoms with Crippen LogP contribution in [0.5, 0.6) is 0 Å². The molecule has 1 aromatic rings. The van der Waals surface area contributed by atoms with Gasteiger partial charge >= 0.3 is 13.6 Å². The number of likely N-dealkylation sites (tertiary alicyclic amines) is 1. The van der Waals surface area contributed by atoms with Crippen LogP contribution < -0.4 is 5.32 Å². The molecule has 0 bridgehead atoms. The summed E-state index contributed by atoms with van der Waals surface area (Å²) in [6.07, 6.45) is 0.859. The van der Waals surface area contributed by atoms with Gasteiger partial charge in [0.05, 0.1) is 19.3 Å². The Morgan fingerprint density at radius 2 is 1.74 bits per heavy atom. The van der Waals surface area contributed by atoms with Gasteiger partial charge in [-0.2, -0.15) is 0 Å². The highest BCUT2D eigenvalue weighted by Crippen LogP contribution is 2.57. The molecule has 0 saturated carbocycles. The predicted octanol–water partition coefficient (Wildman–Crippen LogP) is 2.91. The number of β-lactam (4-membered cyclic amide) rings is 1. The van der Waals surface area contributed by atoms with E-state index < -0.39 is 48.8 Å². The second-order valence-electron chi connectivity index (χ2n) is 8.66. The van der Waals surface area contributed by atoms with Crippen LogP contribution in [-0.2, 0) is 32.7 Å². The van der Waals surface area contributed by atoms with Gasteiger partial charge in [-0.25, -0.2) is 4.79 Å². The molecule has 11 heteroatoms. The minimum Gasteiger partial charge on any atom is -0.458 e. The molecule has 1 aliphatic rings.